The van der Waals surface area contributed by atoms with E-state index in [2.05, 4.69) is 5.32 Å². The summed E-state index contributed by atoms with van der Waals surface area (Å²) in [5.41, 5.74) is 0.389. The molecular formula is C19H17ClN2O5. The monoisotopic (exact) mass is 388 g/mol. The summed E-state index contributed by atoms with van der Waals surface area (Å²) in [5, 5.41) is 13.5. The number of carbonyl (C=O) groups is 2. The summed E-state index contributed by atoms with van der Waals surface area (Å²) >= 11 is 5.79. The van der Waals surface area contributed by atoms with Crippen LogP contribution < -0.4 is 5.32 Å². The van der Waals surface area contributed by atoms with Gasteiger partial charge in [-0.15, -0.1) is 0 Å². The maximum absolute atomic E-state index is 12.8. The van der Waals surface area contributed by atoms with Crippen LogP contribution in [0.1, 0.15) is 30.9 Å². The largest absolute Gasteiger partial charge is 0.447 e. The van der Waals surface area contributed by atoms with Crippen LogP contribution in [0, 0.1) is 16.0 Å². The molecule has 0 heterocycles. The number of esters is 1. The van der Waals surface area contributed by atoms with Crippen molar-refractivity contribution >= 4 is 34.9 Å². The Bertz CT molecular complexity index is 868. The summed E-state index contributed by atoms with van der Waals surface area (Å²) in [6.45, 7) is 0. The number of anilines is 1. The van der Waals surface area contributed by atoms with Gasteiger partial charge in [0.1, 0.15) is 5.02 Å². The molecule has 1 saturated carbocycles. The molecule has 1 aliphatic rings. The molecule has 3 rings (SSSR count). The maximum atomic E-state index is 12.8. The smallest absolute Gasteiger partial charge is 0.310 e. The molecule has 1 N–H and O–H groups in total. The fourth-order valence-corrected chi connectivity index (χ4v) is 2.88. The molecular weight excluding hydrogens is 372 g/mol. The predicted octanol–water partition coefficient (Wildman–Crippen LogP) is 4.27. The summed E-state index contributed by atoms with van der Waals surface area (Å²) in [6.07, 6.45) is 1.33. The normalized spacial score (nSPS) is 14.7. The number of benzene rings is 2. The Morgan fingerprint density at radius 1 is 1.19 bits per heavy atom. The van der Waals surface area contributed by atoms with Crippen molar-refractivity contribution < 1.29 is 19.2 Å². The summed E-state index contributed by atoms with van der Waals surface area (Å²) in [6, 6.07) is 12.6. The molecule has 2 aromatic rings. The van der Waals surface area contributed by atoms with Crippen molar-refractivity contribution in [3.05, 3.63) is 69.2 Å². The Kier molecular flexibility index (Phi) is 5.71. The molecule has 7 nitrogen and oxygen atoms in total. The van der Waals surface area contributed by atoms with Gasteiger partial charge in [-0.3, -0.25) is 19.7 Å². The second-order valence-corrected chi connectivity index (χ2v) is 6.68. The van der Waals surface area contributed by atoms with Crippen LogP contribution in [0.4, 0.5) is 11.4 Å². The van der Waals surface area contributed by atoms with Crippen LogP contribution in [0.3, 0.4) is 0 Å². The highest BCUT2D eigenvalue weighted by atomic mass is 35.5. The third-order valence-electron chi connectivity index (χ3n) is 4.42. The van der Waals surface area contributed by atoms with Crippen LogP contribution in [-0.4, -0.2) is 16.8 Å². The van der Waals surface area contributed by atoms with Gasteiger partial charge in [0.05, 0.1) is 10.8 Å². The number of hydrogen-bond donors (Lipinski definition) is 1. The lowest BCUT2D eigenvalue weighted by atomic mass is 9.85. The molecule has 1 amide bonds. The summed E-state index contributed by atoms with van der Waals surface area (Å²) in [5.74, 6) is -1.18. The average Bonchev–Trinajstić information content (AvgIpc) is 2.60. The van der Waals surface area contributed by atoms with Gasteiger partial charge in [0.15, 0.2) is 0 Å². The number of nitro benzene ring substituents is 1. The molecule has 140 valence electrons. The molecule has 1 atom stereocenters. The number of amides is 1. The topological polar surface area (TPSA) is 98.5 Å². The highest BCUT2D eigenvalue weighted by Crippen LogP contribution is 2.31. The van der Waals surface area contributed by atoms with Gasteiger partial charge in [0.2, 0.25) is 6.10 Å². The minimum Gasteiger partial charge on any atom is -0.447 e. The molecule has 0 radical (unpaired) electrons. The molecule has 0 aromatic heterocycles. The van der Waals surface area contributed by atoms with E-state index in [-0.39, 0.29) is 22.3 Å². The van der Waals surface area contributed by atoms with E-state index in [1.54, 1.807) is 30.3 Å². The van der Waals surface area contributed by atoms with Crippen LogP contribution in [0.2, 0.25) is 5.02 Å². The second kappa shape index (κ2) is 8.18. The van der Waals surface area contributed by atoms with Crippen molar-refractivity contribution in [2.24, 2.45) is 5.92 Å². The highest BCUT2D eigenvalue weighted by Gasteiger charge is 2.32. The van der Waals surface area contributed by atoms with E-state index in [0.717, 1.165) is 25.3 Å². The van der Waals surface area contributed by atoms with Gasteiger partial charge in [-0.25, -0.2) is 0 Å². The van der Waals surface area contributed by atoms with Gasteiger partial charge < -0.3 is 10.1 Å². The fraction of sp³-hybridized carbons (Fsp3) is 0.263. The lowest BCUT2D eigenvalue weighted by Crippen LogP contribution is -2.31. The lowest BCUT2D eigenvalue weighted by Gasteiger charge is -2.26. The van der Waals surface area contributed by atoms with Gasteiger partial charge in [-0.1, -0.05) is 48.4 Å². The fourth-order valence-electron chi connectivity index (χ4n) is 2.70. The molecule has 8 heteroatoms. The van der Waals surface area contributed by atoms with Gasteiger partial charge in [-0.2, -0.15) is 0 Å². The molecule has 0 aliphatic heterocycles. The summed E-state index contributed by atoms with van der Waals surface area (Å²) in [4.78, 5) is 35.4. The number of ether oxygens (including phenoxy) is 1. The molecule has 0 unspecified atom stereocenters. The number of nitrogens with zero attached hydrogens (tertiary/aromatic N) is 1. The molecule has 27 heavy (non-hydrogen) atoms. The van der Waals surface area contributed by atoms with Gasteiger partial charge in [-0.05, 0) is 25.0 Å². The number of halogens is 1. The van der Waals surface area contributed by atoms with Crippen molar-refractivity contribution in [3.63, 3.8) is 0 Å². The molecule has 2 aromatic carbocycles. The minimum atomic E-state index is -1.14. The van der Waals surface area contributed by atoms with Crippen molar-refractivity contribution in [2.45, 2.75) is 25.4 Å². The Balaban J connectivity index is 1.81. The van der Waals surface area contributed by atoms with E-state index in [0.29, 0.717) is 5.56 Å². The van der Waals surface area contributed by atoms with Gasteiger partial charge >= 0.3 is 5.97 Å². The van der Waals surface area contributed by atoms with Gasteiger partial charge in [0, 0.05) is 17.3 Å². The maximum Gasteiger partial charge on any atom is 0.310 e. The highest BCUT2D eigenvalue weighted by molar-refractivity contribution is 6.32. The molecule has 1 fully saturated rings. The third-order valence-corrected chi connectivity index (χ3v) is 4.74. The van der Waals surface area contributed by atoms with E-state index < -0.39 is 22.9 Å². The van der Waals surface area contributed by atoms with Crippen molar-refractivity contribution in [1.82, 2.24) is 0 Å². The third kappa shape index (κ3) is 4.43. The van der Waals surface area contributed by atoms with Crippen molar-refractivity contribution in [2.75, 3.05) is 5.32 Å². The summed E-state index contributed by atoms with van der Waals surface area (Å²) < 4.78 is 5.46. The molecule has 0 spiro atoms. The van der Waals surface area contributed by atoms with E-state index >= 15 is 0 Å². The summed E-state index contributed by atoms with van der Waals surface area (Å²) in [7, 11) is 0. The van der Waals surface area contributed by atoms with E-state index in [1.165, 1.54) is 12.1 Å². The number of nitro groups is 1. The first-order chi connectivity index (χ1) is 13.0. The van der Waals surface area contributed by atoms with Crippen LogP contribution in [0.25, 0.3) is 0 Å². The van der Waals surface area contributed by atoms with Crippen LogP contribution in [0.5, 0.6) is 0 Å². The first kappa shape index (κ1) is 18.8. The lowest BCUT2D eigenvalue weighted by molar-refractivity contribution is -0.384. The van der Waals surface area contributed by atoms with Crippen molar-refractivity contribution in [3.8, 4) is 0 Å². The van der Waals surface area contributed by atoms with E-state index in [9.17, 15) is 19.7 Å². The first-order valence-electron chi connectivity index (χ1n) is 8.46. The Labute approximate surface area is 160 Å². The van der Waals surface area contributed by atoms with Crippen LogP contribution in [-0.2, 0) is 14.3 Å². The predicted molar refractivity (Wildman–Crippen MR) is 99.4 cm³/mol. The minimum absolute atomic E-state index is 0.0333. The van der Waals surface area contributed by atoms with Crippen molar-refractivity contribution in [1.29, 1.82) is 0 Å². The quantitative estimate of drug-likeness (QED) is 0.452. The van der Waals surface area contributed by atoms with Gasteiger partial charge in [0.25, 0.3) is 11.6 Å². The van der Waals surface area contributed by atoms with E-state index in [1.807, 2.05) is 0 Å². The molecule has 0 bridgehead atoms. The zero-order chi connectivity index (χ0) is 19.4. The number of nitrogens with one attached hydrogen (secondary N) is 1. The average molecular weight is 389 g/mol. The zero-order valence-electron chi connectivity index (χ0n) is 14.3. The Morgan fingerprint density at radius 2 is 1.89 bits per heavy atom. The number of rotatable bonds is 6. The molecule has 1 aliphatic carbocycles. The number of hydrogen-bond acceptors (Lipinski definition) is 5. The standard InChI is InChI=1S/C19H17ClN2O5/c20-15-10-9-14(11-16(15)22(25)26)21-18(23)17(12-5-2-1-3-6-12)27-19(24)13-7-4-8-13/h1-3,5-6,9-11,13,17H,4,7-8H2,(H,21,23)/t17-/m0/s1. The Morgan fingerprint density at radius 3 is 2.48 bits per heavy atom. The van der Waals surface area contributed by atoms with E-state index in [4.69, 9.17) is 16.3 Å². The zero-order valence-corrected chi connectivity index (χ0v) is 15.0. The molecule has 0 saturated heterocycles. The second-order valence-electron chi connectivity index (χ2n) is 6.27. The Hall–Kier alpha value is -2.93. The van der Waals surface area contributed by atoms with Crippen LogP contribution in [0.15, 0.2) is 48.5 Å². The first-order valence-corrected chi connectivity index (χ1v) is 8.84. The number of carbonyl (C=O) groups excluding carboxylic acids is 2. The SMILES string of the molecule is O=C(O[C@H](C(=O)Nc1ccc(Cl)c([N+](=O)[O-])c1)c1ccccc1)C1CCC1. The van der Waals surface area contributed by atoms with Crippen LogP contribution >= 0.6 is 11.6 Å².